The second kappa shape index (κ2) is 4.78. The molecule has 0 heterocycles. The van der Waals surface area contributed by atoms with E-state index in [0.29, 0.717) is 30.5 Å². The van der Waals surface area contributed by atoms with E-state index in [1.807, 2.05) is 6.08 Å². The van der Waals surface area contributed by atoms with Gasteiger partial charge in [0, 0.05) is 17.8 Å². The molecule has 3 nitrogen and oxygen atoms in total. The molecule has 0 aromatic carbocycles. The molecular weight excluding hydrogens is 288 g/mol. The fraction of sp³-hybridized carbons (Fsp3) is 0.800. The second-order valence-electron chi connectivity index (χ2n) is 9.08. The smallest absolute Gasteiger partial charge is 0.155 e. The summed E-state index contributed by atoms with van der Waals surface area (Å²) in [6, 6.07) is 0. The zero-order valence-corrected chi connectivity index (χ0v) is 14.5. The molecule has 4 aliphatic rings. The molecule has 0 aromatic rings. The average molecular weight is 316 g/mol. The molecule has 23 heavy (non-hydrogen) atoms. The predicted octanol–water partition coefficient (Wildman–Crippen LogP) is 3.30. The summed E-state index contributed by atoms with van der Waals surface area (Å²) in [4.78, 5) is 24.6. The van der Waals surface area contributed by atoms with Crippen molar-refractivity contribution in [3.8, 4) is 0 Å². The quantitative estimate of drug-likeness (QED) is 0.746. The Labute approximate surface area is 138 Å². The summed E-state index contributed by atoms with van der Waals surface area (Å²) < 4.78 is 0. The summed E-state index contributed by atoms with van der Waals surface area (Å²) >= 11 is 0. The molecular formula is C20H28O3. The van der Waals surface area contributed by atoms with Gasteiger partial charge in [-0.05, 0) is 61.3 Å². The number of carbonyl (C=O) groups is 2. The van der Waals surface area contributed by atoms with Gasteiger partial charge in [-0.15, -0.1) is 0 Å². The van der Waals surface area contributed by atoms with E-state index in [1.54, 1.807) is 0 Å². The van der Waals surface area contributed by atoms with Crippen LogP contribution in [0.5, 0.6) is 0 Å². The van der Waals surface area contributed by atoms with Crippen molar-refractivity contribution in [2.24, 2.45) is 34.5 Å². The number of Topliss-reactive ketones (excluding diaryl/α,β-unsaturated/α-hetero) is 1. The lowest BCUT2D eigenvalue weighted by atomic mass is 9.46. The summed E-state index contributed by atoms with van der Waals surface area (Å²) in [6.45, 7) is 6.41. The molecule has 0 aliphatic heterocycles. The van der Waals surface area contributed by atoms with E-state index in [2.05, 4.69) is 20.8 Å². The SMILES string of the molecule is C[C@@H]1C[C@H]2[C@@H]3CCC4=CC(=O)CC[C@]4(C)[C@H]3[C@@H](O)C[C@]2(C)C1=O. The van der Waals surface area contributed by atoms with Crippen LogP contribution in [0.15, 0.2) is 11.6 Å². The number of fused-ring (bicyclic) bond motifs is 5. The number of carbonyl (C=O) groups excluding carboxylic acids is 2. The number of ketones is 2. The molecule has 3 saturated carbocycles. The topological polar surface area (TPSA) is 54.4 Å². The molecule has 4 rings (SSSR count). The third-order valence-corrected chi connectivity index (χ3v) is 7.90. The fourth-order valence-corrected chi connectivity index (χ4v) is 6.80. The molecule has 7 atom stereocenters. The van der Waals surface area contributed by atoms with Crippen molar-refractivity contribution in [2.75, 3.05) is 0 Å². The van der Waals surface area contributed by atoms with Gasteiger partial charge in [0.15, 0.2) is 5.78 Å². The largest absolute Gasteiger partial charge is 0.393 e. The average Bonchev–Trinajstić information content (AvgIpc) is 2.71. The first-order valence-corrected chi connectivity index (χ1v) is 9.23. The first-order chi connectivity index (χ1) is 10.8. The number of rotatable bonds is 0. The van der Waals surface area contributed by atoms with Gasteiger partial charge in [-0.3, -0.25) is 9.59 Å². The highest BCUT2D eigenvalue weighted by Gasteiger charge is 2.63. The molecule has 1 N–H and O–H groups in total. The maximum absolute atomic E-state index is 12.7. The molecule has 0 spiro atoms. The number of aliphatic hydroxyl groups is 1. The van der Waals surface area contributed by atoms with Gasteiger partial charge < -0.3 is 5.11 Å². The second-order valence-corrected chi connectivity index (χ2v) is 9.08. The van der Waals surface area contributed by atoms with Crippen LogP contribution >= 0.6 is 0 Å². The number of allylic oxidation sites excluding steroid dienone is 1. The molecule has 0 bridgehead atoms. The maximum Gasteiger partial charge on any atom is 0.155 e. The number of aliphatic hydroxyl groups excluding tert-OH is 1. The predicted molar refractivity (Wildman–Crippen MR) is 87.7 cm³/mol. The minimum Gasteiger partial charge on any atom is -0.393 e. The summed E-state index contributed by atoms with van der Waals surface area (Å²) in [5.74, 6) is 1.80. The van der Waals surface area contributed by atoms with Crippen molar-refractivity contribution in [1.82, 2.24) is 0 Å². The van der Waals surface area contributed by atoms with Crippen molar-refractivity contribution in [3.63, 3.8) is 0 Å². The molecule has 3 fully saturated rings. The van der Waals surface area contributed by atoms with Crippen molar-refractivity contribution in [3.05, 3.63) is 11.6 Å². The van der Waals surface area contributed by atoms with E-state index in [9.17, 15) is 14.7 Å². The first kappa shape index (κ1) is 15.6. The van der Waals surface area contributed by atoms with Crippen molar-refractivity contribution < 1.29 is 14.7 Å². The Kier molecular flexibility index (Phi) is 3.23. The van der Waals surface area contributed by atoms with Crippen LogP contribution in [0.4, 0.5) is 0 Å². The zero-order valence-electron chi connectivity index (χ0n) is 14.5. The minimum absolute atomic E-state index is 0.0492. The van der Waals surface area contributed by atoms with Gasteiger partial charge in [0.05, 0.1) is 6.10 Å². The highest BCUT2D eigenvalue weighted by molar-refractivity contribution is 5.92. The van der Waals surface area contributed by atoms with Gasteiger partial charge in [-0.1, -0.05) is 26.3 Å². The van der Waals surface area contributed by atoms with Crippen LogP contribution < -0.4 is 0 Å². The van der Waals surface area contributed by atoms with Crippen molar-refractivity contribution in [1.29, 1.82) is 0 Å². The Morgan fingerprint density at radius 3 is 2.65 bits per heavy atom. The molecule has 126 valence electrons. The van der Waals surface area contributed by atoms with Crippen LogP contribution in [0, 0.1) is 34.5 Å². The number of hydrogen-bond acceptors (Lipinski definition) is 3. The monoisotopic (exact) mass is 316 g/mol. The number of hydrogen-bond donors (Lipinski definition) is 1. The minimum atomic E-state index is -0.419. The van der Waals surface area contributed by atoms with E-state index in [-0.39, 0.29) is 28.4 Å². The Balaban J connectivity index is 1.76. The summed E-state index contributed by atoms with van der Waals surface area (Å²) in [6.07, 6.45) is 6.49. The van der Waals surface area contributed by atoms with Gasteiger partial charge in [-0.2, -0.15) is 0 Å². The Hall–Kier alpha value is -0.960. The molecule has 4 aliphatic carbocycles. The highest BCUT2D eigenvalue weighted by Crippen LogP contribution is 2.65. The lowest BCUT2D eigenvalue weighted by molar-refractivity contribution is -0.147. The van der Waals surface area contributed by atoms with Crippen molar-refractivity contribution >= 4 is 11.6 Å². The maximum atomic E-state index is 12.7. The molecule has 0 unspecified atom stereocenters. The third kappa shape index (κ3) is 1.92. The van der Waals surface area contributed by atoms with E-state index in [1.165, 1.54) is 5.57 Å². The van der Waals surface area contributed by atoms with Crippen LogP contribution in [0.2, 0.25) is 0 Å². The van der Waals surface area contributed by atoms with Gasteiger partial charge in [0.25, 0.3) is 0 Å². The summed E-state index contributed by atoms with van der Waals surface area (Å²) in [5.41, 5.74) is 0.879. The molecule has 0 radical (unpaired) electrons. The normalized spacial score (nSPS) is 52.5. The van der Waals surface area contributed by atoms with Crippen molar-refractivity contribution in [2.45, 2.75) is 65.4 Å². The summed E-state index contributed by atoms with van der Waals surface area (Å²) in [7, 11) is 0. The van der Waals surface area contributed by atoms with Gasteiger partial charge in [0.2, 0.25) is 0 Å². The molecule has 0 amide bonds. The Morgan fingerprint density at radius 2 is 1.91 bits per heavy atom. The Bertz CT molecular complexity index is 606. The van der Waals surface area contributed by atoms with E-state index in [4.69, 9.17) is 0 Å². The molecule has 3 heteroatoms. The zero-order chi connectivity index (χ0) is 16.6. The lowest BCUT2D eigenvalue weighted by Crippen LogP contribution is -2.56. The molecule has 0 saturated heterocycles. The fourth-order valence-electron chi connectivity index (χ4n) is 6.80. The Morgan fingerprint density at radius 1 is 1.17 bits per heavy atom. The highest BCUT2D eigenvalue weighted by atomic mass is 16.3. The third-order valence-electron chi connectivity index (χ3n) is 7.90. The summed E-state index contributed by atoms with van der Waals surface area (Å²) in [5, 5.41) is 11.0. The van der Waals surface area contributed by atoms with Gasteiger partial charge in [-0.25, -0.2) is 0 Å². The standard InChI is InChI=1S/C20H28O3/c1-11-8-15-14-5-4-12-9-13(21)6-7-19(12,2)17(14)16(22)10-20(15,3)18(11)23/h9,11,14-17,22H,4-8,10H2,1-3H3/t11-,14+,15+,16+,17-,19+,20+/m1/s1. The van der Waals surface area contributed by atoms with Crippen LogP contribution in [-0.4, -0.2) is 22.8 Å². The van der Waals surface area contributed by atoms with Crippen LogP contribution in [0.3, 0.4) is 0 Å². The molecule has 0 aromatic heterocycles. The van der Waals surface area contributed by atoms with Gasteiger partial charge in [0.1, 0.15) is 5.78 Å². The van der Waals surface area contributed by atoms with Gasteiger partial charge >= 0.3 is 0 Å². The van der Waals surface area contributed by atoms with Crippen LogP contribution in [0.1, 0.15) is 59.3 Å². The first-order valence-electron chi connectivity index (χ1n) is 9.23. The van der Waals surface area contributed by atoms with E-state index in [0.717, 1.165) is 25.7 Å². The van der Waals surface area contributed by atoms with E-state index < -0.39 is 6.10 Å². The van der Waals surface area contributed by atoms with E-state index >= 15 is 0 Å². The lowest BCUT2D eigenvalue weighted by Gasteiger charge is -2.58. The van der Waals surface area contributed by atoms with Crippen LogP contribution in [-0.2, 0) is 9.59 Å². The van der Waals surface area contributed by atoms with Crippen LogP contribution in [0.25, 0.3) is 0 Å².